The highest BCUT2D eigenvalue weighted by atomic mass is 16.6. The predicted molar refractivity (Wildman–Crippen MR) is 64.6 cm³/mol. The van der Waals surface area contributed by atoms with Crippen molar-refractivity contribution in [1.82, 2.24) is 4.90 Å². The van der Waals surface area contributed by atoms with Crippen molar-refractivity contribution in [1.29, 1.82) is 5.26 Å². The molecule has 2 aliphatic rings. The Morgan fingerprint density at radius 1 is 1.32 bits per heavy atom. The summed E-state index contributed by atoms with van der Waals surface area (Å²) in [7, 11) is 0. The third-order valence-corrected chi connectivity index (χ3v) is 3.93. The van der Waals surface area contributed by atoms with Gasteiger partial charge in [0.05, 0.1) is 12.5 Å². The van der Waals surface area contributed by atoms with E-state index in [-0.39, 0.29) is 42.7 Å². The maximum absolute atomic E-state index is 11.2. The average Bonchev–Trinajstić information content (AvgIpc) is 2.63. The second-order valence-corrected chi connectivity index (χ2v) is 5.16. The zero-order chi connectivity index (χ0) is 14.0. The largest absolute Gasteiger partial charge is 0.465 e. The molecule has 4 unspecified atom stereocenters. The number of fused-ring (bicyclic) bond motifs is 2. The number of hydrogen-bond acceptors (Lipinski definition) is 6. The third-order valence-electron chi connectivity index (χ3n) is 3.93. The minimum Gasteiger partial charge on any atom is -0.465 e. The van der Waals surface area contributed by atoms with Crippen LogP contribution in [-0.4, -0.2) is 41.6 Å². The Kier molecular flexibility index (Phi) is 3.93. The molecule has 0 N–H and O–H groups in total. The molecule has 2 heterocycles. The van der Waals surface area contributed by atoms with Gasteiger partial charge in [0.25, 0.3) is 0 Å². The maximum atomic E-state index is 11.2. The van der Waals surface area contributed by atoms with Crippen LogP contribution in [0.5, 0.6) is 0 Å². The first-order chi connectivity index (χ1) is 9.02. The lowest BCUT2D eigenvalue weighted by atomic mass is 9.88. The first kappa shape index (κ1) is 13.7. The van der Waals surface area contributed by atoms with Gasteiger partial charge in [-0.2, -0.15) is 5.26 Å². The SMILES string of the molecule is CC(=O)OCC1C(OC(C)=O)CC2CCC1N2C#N. The summed E-state index contributed by atoms with van der Waals surface area (Å²) in [5, 5.41) is 9.20. The molecule has 2 fully saturated rings. The Bertz CT molecular complexity index is 417. The molecule has 2 rings (SSSR count). The zero-order valence-corrected chi connectivity index (χ0v) is 11.2. The summed E-state index contributed by atoms with van der Waals surface area (Å²) in [6.07, 6.45) is 4.38. The highest BCUT2D eigenvalue weighted by Crippen LogP contribution is 2.40. The van der Waals surface area contributed by atoms with Crippen molar-refractivity contribution >= 4 is 11.9 Å². The Balaban J connectivity index is 2.12. The highest BCUT2D eigenvalue weighted by molar-refractivity contribution is 5.66. The second-order valence-electron chi connectivity index (χ2n) is 5.16. The van der Waals surface area contributed by atoms with Crippen LogP contribution in [0.2, 0.25) is 0 Å². The van der Waals surface area contributed by atoms with Gasteiger partial charge >= 0.3 is 11.9 Å². The molecule has 2 saturated heterocycles. The predicted octanol–water partition coefficient (Wildman–Crippen LogP) is 0.815. The fourth-order valence-corrected chi connectivity index (χ4v) is 3.19. The molecule has 104 valence electrons. The van der Waals surface area contributed by atoms with Crippen molar-refractivity contribution in [3.05, 3.63) is 0 Å². The van der Waals surface area contributed by atoms with Crippen molar-refractivity contribution < 1.29 is 19.1 Å². The van der Waals surface area contributed by atoms with Gasteiger partial charge < -0.3 is 14.4 Å². The number of carbonyl (C=O) groups excluding carboxylic acids is 2. The van der Waals surface area contributed by atoms with Gasteiger partial charge in [-0.05, 0) is 12.8 Å². The van der Waals surface area contributed by atoms with E-state index in [0.717, 1.165) is 12.8 Å². The van der Waals surface area contributed by atoms with Gasteiger partial charge in [-0.1, -0.05) is 0 Å². The number of nitriles is 1. The van der Waals surface area contributed by atoms with Crippen molar-refractivity contribution in [2.24, 2.45) is 5.92 Å². The van der Waals surface area contributed by atoms with Gasteiger partial charge in [-0.3, -0.25) is 9.59 Å². The van der Waals surface area contributed by atoms with Gasteiger partial charge in [0.2, 0.25) is 0 Å². The van der Waals surface area contributed by atoms with Crippen molar-refractivity contribution in [2.45, 2.75) is 51.3 Å². The van der Waals surface area contributed by atoms with E-state index in [1.54, 1.807) is 4.90 Å². The lowest BCUT2D eigenvalue weighted by Crippen LogP contribution is -2.51. The summed E-state index contributed by atoms with van der Waals surface area (Å²) in [4.78, 5) is 23.9. The standard InChI is InChI=1S/C13H18N2O4/c1-8(16)18-6-11-12-4-3-10(15(12)7-14)5-13(11)19-9(2)17/h10-13H,3-6H2,1-2H3. The summed E-state index contributed by atoms with van der Waals surface area (Å²) in [5.74, 6) is -0.806. The van der Waals surface area contributed by atoms with Crippen molar-refractivity contribution in [3.8, 4) is 6.19 Å². The minimum absolute atomic E-state index is 0.00690. The molecule has 0 saturated carbocycles. The van der Waals surface area contributed by atoms with E-state index in [9.17, 15) is 14.9 Å². The second kappa shape index (κ2) is 5.47. The number of rotatable bonds is 3. The number of piperidine rings is 1. The first-order valence-corrected chi connectivity index (χ1v) is 6.51. The fraction of sp³-hybridized carbons (Fsp3) is 0.769. The number of ether oxygens (including phenoxy) is 2. The molecule has 2 aliphatic heterocycles. The average molecular weight is 266 g/mol. The van der Waals surface area contributed by atoms with Crippen LogP contribution in [0.3, 0.4) is 0 Å². The van der Waals surface area contributed by atoms with Gasteiger partial charge in [0.1, 0.15) is 6.10 Å². The number of carbonyl (C=O) groups is 2. The van der Waals surface area contributed by atoms with Gasteiger partial charge in [0, 0.05) is 32.4 Å². The summed E-state index contributed by atoms with van der Waals surface area (Å²) >= 11 is 0. The van der Waals surface area contributed by atoms with Crippen molar-refractivity contribution in [3.63, 3.8) is 0 Å². The van der Waals surface area contributed by atoms with E-state index < -0.39 is 0 Å². The Morgan fingerprint density at radius 2 is 2.05 bits per heavy atom. The quantitative estimate of drug-likeness (QED) is 0.555. The van der Waals surface area contributed by atoms with Crippen LogP contribution in [-0.2, 0) is 19.1 Å². The molecule has 0 aromatic carbocycles. The molecular formula is C13H18N2O4. The molecule has 0 aromatic rings. The molecule has 2 bridgehead atoms. The van der Waals surface area contributed by atoms with E-state index >= 15 is 0 Å². The van der Waals surface area contributed by atoms with Crippen molar-refractivity contribution in [2.75, 3.05) is 6.61 Å². The van der Waals surface area contributed by atoms with Crippen LogP contribution in [0.15, 0.2) is 0 Å². The van der Waals surface area contributed by atoms with Gasteiger partial charge in [-0.15, -0.1) is 0 Å². The summed E-state index contributed by atoms with van der Waals surface area (Å²) < 4.78 is 10.4. The van der Waals surface area contributed by atoms with E-state index in [4.69, 9.17) is 9.47 Å². The summed E-state index contributed by atoms with van der Waals surface area (Å²) in [5.41, 5.74) is 0. The topological polar surface area (TPSA) is 79.6 Å². The van der Waals surface area contributed by atoms with Crippen LogP contribution in [0.25, 0.3) is 0 Å². The molecule has 0 amide bonds. The normalized spacial score (nSPS) is 32.6. The molecular weight excluding hydrogens is 248 g/mol. The molecule has 0 radical (unpaired) electrons. The van der Waals surface area contributed by atoms with Crippen LogP contribution in [0.4, 0.5) is 0 Å². The number of hydrogen-bond donors (Lipinski definition) is 0. The van der Waals surface area contributed by atoms with E-state index in [0.29, 0.717) is 6.42 Å². The van der Waals surface area contributed by atoms with Crippen LogP contribution in [0, 0.1) is 17.4 Å². The number of nitrogens with zero attached hydrogens (tertiary/aromatic N) is 2. The van der Waals surface area contributed by atoms with Gasteiger partial charge in [0.15, 0.2) is 6.19 Å². The Labute approximate surface area is 112 Å². The number of esters is 2. The molecule has 0 aliphatic carbocycles. The zero-order valence-electron chi connectivity index (χ0n) is 11.2. The summed E-state index contributed by atoms with van der Waals surface area (Å²) in [6, 6.07) is 0.153. The molecule has 0 aromatic heterocycles. The van der Waals surface area contributed by atoms with Crippen LogP contribution in [0.1, 0.15) is 33.1 Å². The van der Waals surface area contributed by atoms with E-state index in [1.807, 2.05) is 0 Å². The fourth-order valence-electron chi connectivity index (χ4n) is 3.19. The smallest absolute Gasteiger partial charge is 0.302 e. The molecule has 6 nitrogen and oxygen atoms in total. The lowest BCUT2D eigenvalue weighted by molar-refractivity contribution is -0.158. The first-order valence-electron chi connectivity index (χ1n) is 6.51. The monoisotopic (exact) mass is 266 g/mol. The minimum atomic E-state index is -0.356. The van der Waals surface area contributed by atoms with Gasteiger partial charge in [-0.25, -0.2) is 0 Å². The molecule has 19 heavy (non-hydrogen) atoms. The lowest BCUT2D eigenvalue weighted by Gasteiger charge is -2.40. The third kappa shape index (κ3) is 2.80. The van der Waals surface area contributed by atoms with Crippen LogP contribution >= 0.6 is 0 Å². The Morgan fingerprint density at radius 3 is 2.63 bits per heavy atom. The highest BCUT2D eigenvalue weighted by Gasteiger charge is 2.48. The van der Waals surface area contributed by atoms with E-state index in [1.165, 1.54) is 13.8 Å². The van der Waals surface area contributed by atoms with Crippen LogP contribution < -0.4 is 0 Å². The van der Waals surface area contributed by atoms with E-state index in [2.05, 4.69) is 6.19 Å². The Hall–Kier alpha value is -1.77. The molecule has 0 spiro atoms. The summed E-state index contributed by atoms with van der Waals surface area (Å²) in [6.45, 7) is 2.92. The molecule has 6 heteroatoms. The maximum Gasteiger partial charge on any atom is 0.302 e. The molecule has 4 atom stereocenters.